The molecule has 0 N–H and O–H groups in total. The Morgan fingerprint density at radius 3 is 2.12 bits per heavy atom. The fraction of sp³-hybridized carbons (Fsp3) is 0.786. The highest BCUT2D eigenvalue weighted by Gasteiger charge is 2.07. The molecule has 0 aliphatic carbocycles. The van der Waals surface area contributed by atoms with Crippen molar-refractivity contribution in [1.29, 1.82) is 0 Å². The number of unbranched alkanes of at least 4 members (excludes halogenated alkanes) is 2. The van der Waals surface area contributed by atoms with E-state index >= 15 is 0 Å². The van der Waals surface area contributed by atoms with E-state index < -0.39 is 0 Å². The van der Waals surface area contributed by atoms with E-state index in [0.29, 0.717) is 6.61 Å². The van der Waals surface area contributed by atoms with Crippen molar-refractivity contribution >= 4 is 13.9 Å². The second-order valence-electron chi connectivity index (χ2n) is 4.27. The van der Waals surface area contributed by atoms with Crippen molar-refractivity contribution in [2.24, 2.45) is 0 Å². The molecule has 0 aliphatic rings. The topological polar surface area (TPSA) is 26.3 Å². The van der Waals surface area contributed by atoms with Gasteiger partial charge in [0.15, 0.2) is 0 Å². The molecule has 0 aromatic heterocycles. The zero-order valence-corrected chi connectivity index (χ0v) is 12.3. The van der Waals surface area contributed by atoms with Crippen molar-refractivity contribution in [2.75, 3.05) is 25.1 Å². The third kappa shape index (κ3) is 10.5. The Kier molecular flexibility index (Phi) is 11.8. The number of esters is 1. The maximum Gasteiger partial charge on any atom is 0.330 e. The van der Waals surface area contributed by atoms with E-state index in [9.17, 15) is 4.79 Å². The highest BCUT2D eigenvalue weighted by molar-refractivity contribution is 7.57. The highest BCUT2D eigenvalue weighted by atomic mass is 31.1. The van der Waals surface area contributed by atoms with Crippen LogP contribution < -0.4 is 0 Å². The van der Waals surface area contributed by atoms with E-state index in [1.807, 2.05) is 0 Å². The smallest absolute Gasteiger partial charge is 0.330 e. The van der Waals surface area contributed by atoms with Gasteiger partial charge in [-0.3, -0.25) is 0 Å². The predicted octanol–water partition coefficient (Wildman–Crippen LogP) is 4.19. The van der Waals surface area contributed by atoms with E-state index in [0.717, 1.165) is 6.42 Å². The molecule has 0 amide bonds. The molecule has 0 aromatic rings. The van der Waals surface area contributed by atoms with Crippen molar-refractivity contribution in [3.05, 3.63) is 12.7 Å². The predicted molar refractivity (Wildman–Crippen MR) is 77.1 cm³/mol. The molecule has 0 bridgehead atoms. The first-order chi connectivity index (χ1) is 8.24. The molecular formula is C14H27O2P. The van der Waals surface area contributed by atoms with Crippen LogP contribution in [-0.4, -0.2) is 31.1 Å². The molecule has 17 heavy (non-hydrogen) atoms. The van der Waals surface area contributed by atoms with Gasteiger partial charge in [-0.05, 0) is 37.7 Å². The number of ether oxygens (including phenoxy) is 1. The van der Waals surface area contributed by atoms with Crippen molar-refractivity contribution in [3.63, 3.8) is 0 Å². The van der Waals surface area contributed by atoms with Crippen LogP contribution in [0.5, 0.6) is 0 Å². The summed E-state index contributed by atoms with van der Waals surface area (Å²) in [6.45, 7) is 8.44. The average molecular weight is 258 g/mol. The molecule has 0 unspecified atom stereocenters. The molecule has 0 fully saturated rings. The molecule has 0 aliphatic heterocycles. The van der Waals surface area contributed by atoms with Gasteiger partial charge in [-0.15, -0.1) is 7.92 Å². The summed E-state index contributed by atoms with van der Waals surface area (Å²) in [5.74, 6) is -0.295. The van der Waals surface area contributed by atoms with Crippen LogP contribution >= 0.6 is 7.92 Å². The second-order valence-corrected chi connectivity index (χ2v) is 6.96. The SMILES string of the molecule is C=CC(=O)OCCCP(CCCC)CCCC. The molecule has 0 saturated heterocycles. The van der Waals surface area contributed by atoms with Crippen molar-refractivity contribution < 1.29 is 9.53 Å². The molecule has 3 heteroatoms. The van der Waals surface area contributed by atoms with Crippen LogP contribution in [0.4, 0.5) is 0 Å². The van der Waals surface area contributed by atoms with Gasteiger partial charge < -0.3 is 4.74 Å². The summed E-state index contributed by atoms with van der Waals surface area (Å²) < 4.78 is 5.00. The molecule has 100 valence electrons. The molecule has 2 nitrogen and oxygen atoms in total. The highest BCUT2D eigenvalue weighted by Crippen LogP contribution is 2.38. The van der Waals surface area contributed by atoms with Crippen LogP contribution in [0.1, 0.15) is 46.0 Å². The number of carbonyl (C=O) groups excluding carboxylic acids is 1. The first-order valence-electron chi connectivity index (χ1n) is 6.76. The largest absolute Gasteiger partial charge is 0.463 e. The Labute approximate surface area is 108 Å². The van der Waals surface area contributed by atoms with Crippen LogP contribution in [0.15, 0.2) is 12.7 Å². The van der Waals surface area contributed by atoms with E-state index in [-0.39, 0.29) is 13.9 Å². The first-order valence-corrected chi connectivity index (χ1v) is 8.65. The third-order valence-electron chi connectivity index (χ3n) is 2.69. The zero-order valence-electron chi connectivity index (χ0n) is 11.4. The standard InChI is InChI=1S/C14H27O2P/c1-4-7-11-17(12-8-5-2)13-9-10-16-14(15)6-3/h6H,3-5,7-13H2,1-2H3. The molecule has 0 saturated carbocycles. The van der Waals surface area contributed by atoms with Gasteiger partial charge in [-0.2, -0.15) is 0 Å². The quantitative estimate of drug-likeness (QED) is 0.240. The molecule has 0 aromatic carbocycles. The van der Waals surface area contributed by atoms with Gasteiger partial charge in [0, 0.05) is 6.08 Å². The monoisotopic (exact) mass is 258 g/mol. The van der Waals surface area contributed by atoms with Gasteiger partial charge in [-0.25, -0.2) is 4.79 Å². The fourth-order valence-electron chi connectivity index (χ4n) is 1.62. The average Bonchev–Trinajstić information content (AvgIpc) is 2.36. The maximum atomic E-state index is 10.9. The minimum absolute atomic E-state index is 0.175. The number of carbonyl (C=O) groups is 1. The summed E-state index contributed by atoms with van der Waals surface area (Å²) in [6, 6.07) is 0. The van der Waals surface area contributed by atoms with Crippen molar-refractivity contribution in [1.82, 2.24) is 0 Å². The van der Waals surface area contributed by atoms with Crippen LogP contribution in [-0.2, 0) is 9.53 Å². The zero-order chi connectivity index (χ0) is 12.9. The Hall–Kier alpha value is -0.360. The lowest BCUT2D eigenvalue weighted by atomic mass is 10.4. The van der Waals surface area contributed by atoms with Gasteiger partial charge in [0.05, 0.1) is 6.61 Å². The van der Waals surface area contributed by atoms with Crippen molar-refractivity contribution in [3.8, 4) is 0 Å². The van der Waals surface area contributed by atoms with E-state index in [1.54, 1.807) is 0 Å². The van der Waals surface area contributed by atoms with Gasteiger partial charge in [0.1, 0.15) is 0 Å². The van der Waals surface area contributed by atoms with Crippen LogP contribution in [0.3, 0.4) is 0 Å². The van der Waals surface area contributed by atoms with E-state index in [4.69, 9.17) is 4.74 Å². The van der Waals surface area contributed by atoms with Gasteiger partial charge in [0.25, 0.3) is 0 Å². The number of rotatable bonds is 11. The fourth-order valence-corrected chi connectivity index (χ4v) is 4.39. The minimum Gasteiger partial charge on any atom is -0.463 e. The normalized spacial score (nSPS) is 10.5. The summed E-state index contributed by atoms with van der Waals surface area (Å²) in [4.78, 5) is 10.9. The summed E-state index contributed by atoms with van der Waals surface area (Å²) in [7, 11) is 0.175. The molecule has 0 spiro atoms. The molecule has 0 atom stereocenters. The van der Waals surface area contributed by atoms with Crippen LogP contribution in [0.2, 0.25) is 0 Å². The Morgan fingerprint density at radius 1 is 1.12 bits per heavy atom. The Bertz CT molecular complexity index is 196. The Morgan fingerprint density at radius 2 is 1.65 bits per heavy atom. The molecular weight excluding hydrogens is 231 g/mol. The lowest BCUT2D eigenvalue weighted by Gasteiger charge is -2.17. The minimum atomic E-state index is -0.295. The molecule has 0 radical (unpaired) electrons. The Balaban J connectivity index is 3.66. The lowest BCUT2D eigenvalue weighted by Crippen LogP contribution is -2.04. The van der Waals surface area contributed by atoms with Crippen LogP contribution in [0, 0.1) is 0 Å². The van der Waals surface area contributed by atoms with Crippen molar-refractivity contribution in [2.45, 2.75) is 46.0 Å². The summed E-state index contributed by atoms with van der Waals surface area (Å²) in [5, 5.41) is 0. The lowest BCUT2D eigenvalue weighted by molar-refractivity contribution is -0.137. The third-order valence-corrected chi connectivity index (χ3v) is 5.53. The van der Waals surface area contributed by atoms with E-state index in [2.05, 4.69) is 20.4 Å². The number of hydrogen-bond acceptors (Lipinski definition) is 2. The van der Waals surface area contributed by atoms with Crippen LogP contribution in [0.25, 0.3) is 0 Å². The second kappa shape index (κ2) is 12.1. The van der Waals surface area contributed by atoms with Gasteiger partial charge in [-0.1, -0.05) is 33.3 Å². The maximum absolute atomic E-state index is 10.9. The first kappa shape index (κ1) is 16.6. The van der Waals surface area contributed by atoms with Gasteiger partial charge >= 0.3 is 5.97 Å². The molecule has 0 rings (SSSR count). The molecule has 0 heterocycles. The van der Waals surface area contributed by atoms with Gasteiger partial charge in [0.2, 0.25) is 0 Å². The summed E-state index contributed by atoms with van der Waals surface area (Å²) in [6.07, 6.45) is 11.6. The number of hydrogen-bond donors (Lipinski definition) is 0. The summed E-state index contributed by atoms with van der Waals surface area (Å²) >= 11 is 0. The summed E-state index contributed by atoms with van der Waals surface area (Å²) in [5.41, 5.74) is 0. The van der Waals surface area contributed by atoms with E-state index in [1.165, 1.54) is 50.2 Å².